The largest absolute Gasteiger partial charge is 0.417 e. The Morgan fingerprint density at radius 2 is 1.67 bits per heavy atom. The number of hydrogen-bond donors (Lipinski definition) is 2. The van der Waals surface area contributed by atoms with Gasteiger partial charge in [0.15, 0.2) is 5.65 Å². The van der Waals surface area contributed by atoms with Gasteiger partial charge < -0.3 is 10.6 Å². The summed E-state index contributed by atoms with van der Waals surface area (Å²) in [5.74, 6) is 0. The standard InChI is InChI=1S/C20H13ClF3N5O/c21-16-8-5-13(10-15(16)20(22,23)24)28-19(30)27-12-3-6-14(7-4-12)29-11-26-18-17(29)2-1-9-25-18/h1-11H,(H2,27,28,30). The Balaban J connectivity index is 1.47. The number of carbonyl (C=O) groups is 1. The van der Waals surface area contributed by atoms with E-state index >= 15 is 0 Å². The number of hydrogen-bond acceptors (Lipinski definition) is 3. The van der Waals surface area contributed by atoms with Crippen LogP contribution >= 0.6 is 11.6 Å². The molecule has 2 aromatic heterocycles. The van der Waals surface area contributed by atoms with Crippen LogP contribution in [0.15, 0.2) is 67.1 Å². The molecular weight excluding hydrogens is 419 g/mol. The molecule has 2 aromatic carbocycles. The van der Waals surface area contributed by atoms with Gasteiger partial charge in [-0.1, -0.05) is 11.6 Å². The number of nitrogens with zero attached hydrogens (tertiary/aromatic N) is 3. The maximum Gasteiger partial charge on any atom is 0.417 e. The molecule has 152 valence electrons. The van der Waals surface area contributed by atoms with Gasteiger partial charge in [-0.2, -0.15) is 13.2 Å². The minimum Gasteiger partial charge on any atom is -0.308 e. The van der Waals surface area contributed by atoms with E-state index in [2.05, 4.69) is 20.6 Å². The fourth-order valence-electron chi connectivity index (χ4n) is 2.88. The van der Waals surface area contributed by atoms with Crippen molar-refractivity contribution in [3.63, 3.8) is 0 Å². The Morgan fingerprint density at radius 3 is 2.40 bits per heavy atom. The first-order valence-corrected chi connectivity index (χ1v) is 9.02. The number of benzene rings is 2. The van der Waals surface area contributed by atoms with E-state index in [0.29, 0.717) is 11.3 Å². The summed E-state index contributed by atoms with van der Waals surface area (Å²) in [5, 5.41) is 4.50. The van der Waals surface area contributed by atoms with Crippen LogP contribution in [0.1, 0.15) is 5.56 Å². The monoisotopic (exact) mass is 431 g/mol. The zero-order valence-corrected chi connectivity index (χ0v) is 15.9. The third kappa shape index (κ3) is 4.06. The number of pyridine rings is 1. The second-order valence-corrected chi connectivity index (χ2v) is 6.69. The van der Waals surface area contributed by atoms with Crippen LogP contribution in [0.5, 0.6) is 0 Å². The summed E-state index contributed by atoms with van der Waals surface area (Å²) < 4.78 is 40.7. The van der Waals surface area contributed by atoms with Crippen molar-refractivity contribution in [3.8, 4) is 5.69 Å². The third-order valence-electron chi connectivity index (χ3n) is 4.25. The van der Waals surface area contributed by atoms with E-state index in [-0.39, 0.29) is 5.69 Å². The molecule has 10 heteroatoms. The number of aromatic nitrogens is 3. The van der Waals surface area contributed by atoms with Gasteiger partial charge in [0.2, 0.25) is 0 Å². The summed E-state index contributed by atoms with van der Waals surface area (Å²) in [6.45, 7) is 0. The molecule has 0 atom stereocenters. The van der Waals surface area contributed by atoms with E-state index in [1.807, 2.05) is 16.7 Å². The predicted molar refractivity (Wildman–Crippen MR) is 108 cm³/mol. The Labute approximate surface area is 173 Å². The predicted octanol–water partition coefficient (Wildman–Crippen LogP) is 5.74. The van der Waals surface area contributed by atoms with Gasteiger partial charge >= 0.3 is 12.2 Å². The Kier molecular flexibility index (Phi) is 5.04. The number of rotatable bonds is 3. The summed E-state index contributed by atoms with van der Waals surface area (Å²) in [4.78, 5) is 20.6. The molecule has 0 radical (unpaired) electrons. The number of amides is 2. The van der Waals surface area contributed by atoms with Crippen molar-refractivity contribution < 1.29 is 18.0 Å². The number of imidazole rings is 1. The minimum atomic E-state index is -4.62. The molecule has 0 aliphatic carbocycles. The lowest BCUT2D eigenvalue weighted by Crippen LogP contribution is -2.20. The molecule has 0 bridgehead atoms. The summed E-state index contributed by atoms with van der Waals surface area (Å²) in [6.07, 6.45) is -1.32. The third-order valence-corrected chi connectivity index (χ3v) is 4.58. The van der Waals surface area contributed by atoms with Gasteiger partial charge in [0.05, 0.1) is 16.1 Å². The van der Waals surface area contributed by atoms with Gasteiger partial charge in [-0.05, 0) is 54.6 Å². The molecular formula is C20H13ClF3N5O. The molecule has 0 aliphatic heterocycles. The van der Waals surface area contributed by atoms with Crippen LogP contribution in [0.3, 0.4) is 0 Å². The van der Waals surface area contributed by atoms with Crippen molar-refractivity contribution >= 4 is 40.2 Å². The lowest BCUT2D eigenvalue weighted by atomic mass is 10.2. The zero-order valence-electron chi connectivity index (χ0n) is 15.1. The SMILES string of the molecule is O=C(Nc1ccc(-n2cnc3ncccc32)cc1)Nc1ccc(Cl)c(C(F)(F)F)c1. The van der Waals surface area contributed by atoms with Crippen molar-refractivity contribution in [2.45, 2.75) is 6.18 Å². The van der Waals surface area contributed by atoms with Crippen LogP contribution < -0.4 is 10.6 Å². The number of nitrogens with one attached hydrogen (secondary N) is 2. The number of halogens is 4. The van der Waals surface area contributed by atoms with Crippen LogP contribution in [-0.2, 0) is 6.18 Å². The lowest BCUT2D eigenvalue weighted by Gasteiger charge is -2.12. The average Bonchev–Trinajstić information content (AvgIpc) is 3.13. The van der Waals surface area contributed by atoms with Gasteiger partial charge in [-0.3, -0.25) is 4.57 Å². The number of urea groups is 1. The van der Waals surface area contributed by atoms with Crippen molar-refractivity contribution in [2.24, 2.45) is 0 Å². The van der Waals surface area contributed by atoms with Gasteiger partial charge in [-0.15, -0.1) is 0 Å². The van der Waals surface area contributed by atoms with Crippen molar-refractivity contribution in [3.05, 3.63) is 77.7 Å². The van der Waals surface area contributed by atoms with Crippen molar-refractivity contribution in [1.82, 2.24) is 14.5 Å². The first-order chi connectivity index (χ1) is 14.3. The first-order valence-electron chi connectivity index (χ1n) is 8.64. The molecule has 2 amide bonds. The molecule has 2 heterocycles. The fourth-order valence-corrected chi connectivity index (χ4v) is 3.10. The highest BCUT2D eigenvalue weighted by molar-refractivity contribution is 6.31. The number of fused-ring (bicyclic) bond motifs is 1. The minimum absolute atomic E-state index is 0.0294. The highest BCUT2D eigenvalue weighted by Gasteiger charge is 2.33. The molecule has 6 nitrogen and oxygen atoms in total. The molecule has 0 saturated heterocycles. The molecule has 2 N–H and O–H groups in total. The first kappa shape index (κ1) is 19.7. The highest BCUT2D eigenvalue weighted by atomic mass is 35.5. The normalized spacial score (nSPS) is 11.5. The molecule has 0 saturated carbocycles. The molecule has 0 fully saturated rings. The van der Waals surface area contributed by atoms with E-state index in [4.69, 9.17) is 11.6 Å². The van der Waals surface area contributed by atoms with Crippen LogP contribution in [0.4, 0.5) is 29.3 Å². The summed E-state index contributed by atoms with van der Waals surface area (Å²) >= 11 is 5.58. The Hall–Kier alpha value is -3.59. The van der Waals surface area contributed by atoms with Crippen LogP contribution in [-0.4, -0.2) is 20.6 Å². The molecule has 4 aromatic rings. The summed E-state index contributed by atoms with van der Waals surface area (Å²) in [7, 11) is 0. The van der Waals surface area contributed by atoms with E-state index in [1.54, 1.807) is 36.8 Å². The average molecular weight is 432 g/mol. The fraction of sp³-hybridized carbons (Fsp3) is 0.0500. The number of alkyl halides is 3. The Bertz CT molecular complexity index is 1220. The molecule has 0 unspecified atom stereocenters. The highest BCUT2D eigenvalue weighted by Crippen LogP contribution is 2.36. The van der Waals surface area contributed by atoms with Gasteiger partial charge in [0.1, 0.15) is 6.33 Å². The van der Waals surface area contributed by atoms with E-state index in [0.717, 1.165) is 23.3 Å². The maximum absolute atomic E-state index is 12.9. The van der Waals surface area contributed by atoms with E-state index < -0.39 is 22.8 Å². The maximum atomic E-state index is 12.9. The number of anilines is 2. The molecule has 30 heavy (non-hydrogen) atoms. The van der Waals surface area contributed by atoms with E-state index in [1.165, 1.54) is 6.07 Å². The second-order valence-electron chi connectivity index (χ2n) is 6.28. The lowest BCUT2D eigenvalue weighted by molar-refractivity contribution is -0.137. The summed E-state index contributed by atoms with van der Waals surface area (Å²) in [5.41, 5.74) is 1.67. The Morgan fingerprint density at radius 1 is 0.967 bits per heavy atom. The zero-order chi connectivity index (χ0) is 21.3. The van der Waals surface area contributed by atoms with Gasteiger partial charge in [0, 0.05) is 23.3 Å². The number of carbonyl (C=O) groups excluding carboxylic acids is 1. The summed E-state index contributed by atoms with van der Waals surface area (Å²) in [6, 6.07) is 13.0. The van der Waals surface area contributed by atoms with E-state index in [9.17, 15) is 18.0 Å². The van der Waals surface area contributed by atoms with Crippen LogP contribution in [0, 0.1) is 0 Å². The smallest absolute Gasteiger partial charge is 0.308 e. The van der Waals surface area contributed by atoms with Crippen molar-refractivity contribution in [1.29, 1.82) is 0 Å². The molecule has 0 spiro atoms. The van der Waals surface area contributed by atoms with Gasteiger partial charge in [-0.25, -0.2) is 14.8 Å². The van der Waals surface area contributed by atoms with Crippen LogP contribution in [0.2, 0.25) is 5.02 Å². The van der Waals surface area contributed by atoms with Crippen LogP contribution in [0.25, 0.3) is 16.9 Å². The second kappa shape index (κ2) is 7.68. The molecule has 4 rings (SSSR count). The topological polar surface area (TPSA) is 71.8 Å². The van der Waals surface area contributed by atoms with Crippen molar-refractivity contribution in [2.75, 3.05) is 10.6 Å². The van der Waals surface area contributed by atoms with Gasteiger partial charge in [0.25, 0.3) is 0 Å². The molecule has 0 aliphatic rings. The quantitative estimate of drug-likeness (QED) is 0.434.